The van der Waals surface area contributed by atoms with Gasteiger partial charge in [0.2, 0.25) is 5.95 Å². The molecule has 2 aromatic heterocycles. The summed E-state index contributed by atoms with van der Waals surface area (Å²) in [5.41, 5.74) is 1.54. The minimum atomic E-state index is -0.472. The molecular weight excluding hydrogens is 360 g/mol. The Morgan fingerprint density at radius 1 is 1.36 bits per heavy atom. The van der Waals surface area contributed by atoms with Crippen molar-refractivity contribution in [3.63, 3.8) is 0 Å². The van der Waals surface area contributed by atoms with Gasteiger partial charge in [-0.1, -0.05) is 24.3 Å². The van der Waals surface area contributed by atoms with Crippen LogP contribution in [0, 0.1) is 6.57 Å². The van der Waals surface area contributed by atoms with Crippen LogP contribution in [0.5, 0.6) is 0 Å². The van der Waals surface area contributed by atoms with Gasteiger partial charge in [0.15, 0.2) is 11.3 Å². The highest BCUT2D eigenvalue weighted by Crippen LogP contribution is 2.24. The van der Waals surface area contributed by atoms with E-state index in [1.54, 1.807) is 28.9 Å². The molecule has 0 saturated carbocycles. The van der Waals surface area contributed by atoms with E-state index in [4.69, 9.17) is 11.3 Å². The van der Waals surface area contributed by atoms with Crippen LogP contribution in [0.25, 0.3) is 15.9 Å². The SMILES string of the molecule is [C-]#[N+]c1ccc(C(CO)Nc2nc3c(cnn3C3CCOCC3)c(=O)[nH]2)cc1. The molecule has 0 radical (unpaired) electrons. The maximum absolute atomic E-state index is 12.5. The third kappa shape index (κ3) is 3.47. The number of H-pyrrole nitrogens is 1. The Morgan fingerprint density at radius 2 is 2.11 bits per heavy atom. The summed E-state index contributed by atoms with van der Waals surface area (Å²) in [7, 11) is 0. The van der Waals surface area contributed by atoms with Crippen LogP contribution in [0.2, 0.25) is 0 Å². The van der Waals surface area contributed by atoms with Crippen LogP contribution in [0.4, 0.5) is 11.6 Å². The molecule has 3 N–H and O–H groups in total. The van der Waals surface area contributed by atoms with E-state index in [0.717, 1.165) is 18.4 Å². The Kier molecular flexibility index (Phi) is 5.06. The van der Waals surface area contributed by atoms with E-state index in [1.807, 2.05) is 0 Å². The maximum atomic E-state index is 12.5. The van der Waals surface area contributed by atoms with E-state index < -0.39 is 6.04 Å². The number of aliphatic hydroxyl groups excluding tert-OH is 1. The van der Waals surface area contributed by atoms with Crippen LogP contribution in [0.1, 0.15) is 30.5 Å². The number of hydrogen-bond donors (Lipinski definition) is 3. The average molecular weight is 380 g/mol. The van der Waals surface area contributed by atoms with Gasteiger partial charge in [0.25, 0.3) is 5.56 Å². The number of nitrogens with one attached hydrogen (secondary N) is 2. The van der Waals surface area contributed by atoms with Crippen molar-refractivity contribution in [1.29, 1.82) is 0 Å². The Morgan fingerprint density at radius 3 is 2.79 bits per heavy atom. The molecule has 0 bridgehead atoms. The van der Waals surface area contributed by atoms with Gasteiger partial charge in [-0.25, -0.2) is 9.53 Å². The maximum Gasteiger partial charge on any atom is 0.263 e. The number of aliphatic hydroxyl groups is 1. The number of nitrogens with zero attached hydrogens (tertiary/aromatic N) is 4. The van der Waals surface area contributed by atoms with Gasteiger partial charge in [-0.2, -0.15) is 10.1 Å². The largest absolute Gasteiger partial charge is 0.394 e. The van der Waals surface area contributed by atoms with Gasteiger partial charge in [-0.15, -0.1) is 0 Å². The lowest BCUT2D eigenvalue weighted by Gasteiger charge is -2.23. The lowest BCUT2D eigenvalue weighted by atomic mass is 10.1. The second kappa shape index (κ2) is 7.80. The van der Waals surface area contributed by atoms with Crippen molar-refractivity contribution in [1.82, 2.24) is 19.7 Å². The minimum absolute atomic E-state index is 0.142. The summed E-state index contributed by atoms with van der Waals surface area (Å²) in [6.07, 6.45) is 3.17. The van der Waals surface area contributed by atoms with E-state index in [9.17, 15) is 9.90 Å². The molecule has 9 heteroatoms. The van der Waals surface area contributed by atoms with Crippen LogP contribution in [-0.2, 0) is 4.74 Å². The summed E-state index contributed by atoms with van der Waals surface area (Å²) in [6.45, 7) is 8.15. The summed E-state index contributed by atoms with van der Waals surface area (Å²) >= 11 is 0. The van der Waals surface area contributed by atoms with Crippen molar-refractivity contribution in [3.8, 4) is 0 Å². The Bertz CT molecular complexity index is 1060. The van der Waals surface area contributed by atoms with Gasteiger partial charge in [0, 0.05) is 13.2 Å². The number of aromatic amines is 1. The molecule has 0 spiro atoms. The van der Waals surface area contributed by atoms with Crippen LogP contribution in [-0.4, -0.2) is 44.7 Å². The van der Waals surface area contributed by atoms with E-state index in [0.29, 0.717) is 29.9 Å². The molecule has 1 saturated heterocycles. The van der Waals surface area contributed by atoms with Crippen molar-refractivity contribution in [2.75, 3.05) is 25.1 Å². The van der Waals surface area contributed by atoms with Crippen LogP contribution in [0.15, 0.2) is 35.3 Å². The predicted octanol–water partition coefficient (Wildman–Crippen LogP) is 2.17. The zero-order valence-corrected chi connectivity index (χ0v) is 15.1. The first-order valence-electron chi connectivity index (χ1n) is 9.09. The van der Waals surface area contributed by atoms with Gasteiger partial charge in [-0.05, 0) is 18.4 Å². The number of rotatable bonds is 5. The molecule has 3 heterocycles. The zero-order chi connectivity index (χ0) is 19.5. The van der Waals surface area contributed by atoms with Gasteiger partial charge in [0.05, 0.1) is 31.5 Å². The molecule has 1 aromatic carbocycles. The van der Waals surface area contributed by atoms with Gasteiger partial charge in [-0.3, -0.25) is 9.78 Å². The topological polar surface area (TPSA) is 109 Å². The summed E-state index contributed by atoms with van der Waals surface area (Å²) in [6, 6.07) is 6.58. The summed E-state index contributed by atoms with van der Waals surface area (Å²) in [4.78, 5) is 23.1. The van der Waals surface area contributed by atoms with Crippen molar-refractivity contribution in [2.45, 2.75) is 24.9 Å². The number of ether oxygens (including phenoxy) is 1. The van der Waals surface area contributed by atoms with Gasteiger partial charge < -0.3 is 15.2 Å². The lowest BCUT2D eigenvalue weighted by Crippen LogP contribution is -2.22. The van der Waals surface area contributed by atoms with Crippen molar-refractivity contribution < 1.29 is 9.84 Å². The molecule has 0 amide bonds. The predicted molar refractivity (Wildman–Crippen MR) is 103 cm³/mol. The molecule has 1 atom stereocenters. The number of anilines is 1. The second-order valence-electron chi connectivity index (χ2n) is 6.67. The first-order chi connectivity index (χ1) is 13.7. The molecular formula is C19H20N6O3. The van der Waals surface area contributed by atoms with Gasteiger partial charge in [0.1, 0.15) is 5.39 Å². The highest BCUT2D eigenvalue weighted by molar-refractivity contribution is 5.74. The number of hydrogen-bond acceptors (Lipinski definition) is 6. The second-order valence-corrected chi connectivity index (χ2v) is 6.67. The minimum Gasteiger partial charge on any atom is -0.394 e. The Balaban J connectivity index is 1.65. The summed E-state index contributed by atoms with van der Waals surface area (Å²) in [5.74, 6) is 0.264. The van der Waals surface area contributed by atoms with E-state index in [-0.39, 0.29) is 24.2 Å². The summed E-state index contributed by atoms with van der Waals surface area (Å²) in [5, 5.41) is 17.7. The first kappa shape index (κ1) is 18.2. The quantitative estimate of drug-likeness (QED) is 0.585. The van der Waals surface area contributed by atoms with Crippen LogP contribution >= 0.6 is 0 Å². The Hall–Kier alpha value is -3.22. The lowest BCUT2D eigenvalue weighted by molar-refractivity contribution is 0.0673. The molecule has 1 aliphatic rings. The van der Waals surface area contributed by atoms with Crippen LogP contribution < -0.4 is 10.9 Å². The molecule has 1 fully saturated rings. The highest BCUT2D eigenvalue weighted by atomic mass is 16.5. The van der Waals surface area contributed by atoms with Crippen molar-refractivity contribution in [3.05, 3.63) is 57.8 Å². The highest BCUT2D eigenvalue weighted by Gasteiger charge is 2.21. The third-order valence-electron chi connectivity index (χ3n) is 4.92. The smallest absolute Gasteiger partial charge is 0.263 e. The Labute approximate surface area is 160 Å². The molecule has 1 unspecified atom stereocenters. The molecule has 144 valence electrons. The molecule has 9 nitrogen and oxygen atoms in total. The fraction of sp³-hybridized carbons (Fsp3) is 0.368. The first-order valence-corrected chi connectivity index (χ1v) is 9.09. The zero-order valence-electron chi connectivity index (χ0n) is 15.1. The molecule has 1 aliphatic heterocycles. The molecule has 28 heavy (non-hydrogen) atoms. The van der Waals surface area contributed by atoms with E-state index in [1.165, 1.54) is 6.20 Å². The number of aromatic nitrogens is 4. The van der Waals surface area contributed by atoms with Gasteiger partial charge >= 0.3 is 0 Å². The molecule has 0 aliphatic carbocycles. The van der Waals surface area contributed by atoms with E-state index >= 15 is 0 Å². The van der Waals surface area contributed by atoms with Crippen LogP contribution in [0.3, 0.4) is 0 Å². The standard InChI is InChI=1S/C19H20N6O3/c1-20-13-4-2-12(3-5-13)16(11-26)22-19-23-17-15(18(27)24-19)10-21-25(17)14-6-8-28-9-7-14/h2-5,10,14,16,26H,6-9,11H2,(H2,22,23,24,27). The fourth-order valence-corrected chi connectivity index (χ4v) is 3.38. The molecule has 3 aromatic rings. The molecule has 4 rings (SSSR count). The van der Waals surface area contributed by atoms with E-state index in [2.05, 4.69) is 25.2 Å². The summed E-state index contributed by atoms with van der Waals surface area (Å²) < 4.78 is 7.19. The number of fused-ring (bicyclic) bond motifs is 1. The normalized spacial score (nSPS) is 16.0. The van der Waals surface area contributed by atoms with Crippen molar-refractivity contribution >= 4 is 22.7 Å². The third-order valence-corrected chi connectivity index (χ3v) is 4.92. The van der Waals surface area contributed by atoms with Crippen molar-refractivity contribution in [2.24, 2.45) is 0 Å². The monoisotopic (exact) mass is 380 g/mol. The fourth-order valence-electron chi connectivity index (χ4n) is 3.38. The average Bonchev–Trinajstić information content (AvgIpc) is 3.17. The number of benzene rings is 1.